The second-order valence-corrected chi connectivity index (χ2v) is 0.894. The molecule has 0 aromatic heterocycles. The van der Waals surface area contributed by atoms with E-state index < -0.39 is 0 Å². The first kappa shape index (κ1) is 22.5. The summed E-state index contributed by atoms with van der Waals surface area (Å²) in [5.74, 6) is 0. The van der Waals surface area contributed by atoms with E-state index in [4.69, 9.17) is 20.4 Å². The molecule has 0 saturated heterocycles. The molecule has 0 aliphatic rings. The number of hydrogen-bond donors (Lipinski definition) is 4. The van der Waals surface area contributed by atoms with Gasteiger partial charge < -0.3 is 20.4 Å². The van der Waals surface area contributed by atoms with Crippen LogP contribution in [-0.4, -0.2) is 94.3 Å². The molecule has 0 unspecified atom stereocenters. The van der Waals surface area contributed by atoms with Gasteiger partial charge in [0.1, 0.15) is 0 Å². The van der Waals surface area contributed by atoms with Crippen molar-refractivity contribution in [3.05, 3.63) is 0 Å². The number of aliphatic hydroxyl groups is 4. The van der Waals surface area contributed by atoms with Crippen LogP contribution in [0.5, 0.6) is 0 Å². The Morgan fingerprint density at radius 1 is 0.600 bits per heavy atom. The molecule has 4 nitrogen and oxygen atoms in total. The first-order valence-electron chi connectivity index (χ1n) is 2.26. The Balaban J connectivity index is -0.0000000300. The van der Waals surface area contributed by atoms with Gasteiger partial charge in [-0.1, -0.05) is 0 Å². The van der Waals surface area contributed by atoms with Crippen LogP contribution in [0.15, 0.2) is 0 Å². The molecule has 0 aliphatic carbocycles. The molecule has 0 saturated carbocycles. The van der Waals surface area contributed by atoms with Crippen molar-refractivity contribution >= 4 is 47.5 Å². The maximum absolute atomic E-state index is 7.62. The minimum atomic E-state index is -0.125. The van der Waals surface area contributed by atoms with E-state index in [9.17, 15) is 0 Å². The topological polar surface area (TPSA) is 80.9 Å². The Morgan fingerprint density at radius 3 is 0.700 bits per heavy atom. The number of hydrogen-bond acceptors (Lipinski definition) is 4. The largest absolute Gasteiger partial charge is 0.394 e. The SMILES string of the molecule is OCCO.OCCO.[Mg].[Sb]. The van der Waals surface area contributed by atoms with E-state index in [0.717, 1.165) is 0 Å². The van der Waals surface area contributed by atoms with E-state index in [0.29, 0.717) is 0 Å². The predicted molar refractivity (Wildman–Crippen MR) is 39.9 cm³/mol. The third-order valence-corrected chi connectivity index (χ3v) is 0.200. The summed E-state index contributed by atoms with van der Waals surface area (Å²) in [7, 11) is 0. The van der Waals surface area contributed by atoms with E-state index in [-0.39, 0.29) is 73.9 Å². The van der Waals surface area contributed by atoms with Gasteiger partial charge in [0.2, 0.25) is 0 Å². The predicted octanol–water partition coefficient (Wildman–Crippen LogP) is -2.82. The summed E-state index contributed by atoms with van der Waals surface area (Å²) >= 11 is 0. The Kier molecular flexibility index (Phi) is 70.9. The molecule has 0 spiro atoms. The van der Waals surface area contributed by atoms with E-state index in [2.05, 4.69) is 0 Å². The maximum atomic E-state index is 7.62. The van der Waals surface area contributed by atoms with Crippen molar-refractivity contribution < 1.29 is 20.4 Å². The Bertz CT molecular complexity index is 25.2. The van der Waals surface area contributed by atoms with Crippen LogP contribution < -0.4 is 0 Å². The summed E-state index contributed by atoms with van der Waals surface area (Å²) in [6.07, 6.45) is 0. The fourth-order valence-corrected chi connectivity index (χ4v) is 0. The van der Waals surface area contributed by atoms with E-state index in [1.165, 1.54) is 0 Å². The molecule has 0 fully saturated rings. The first-order chi connectivity index (χ1) is 3.83. The average molecular weight is 270 g/mol. The molecule has 6 heteroatoms. The normalized spacial score (nSPS) is 6.00. The molecule has 10 heavy (non-hydrogen) atoms. The zero-order valence-electron chi connectivity index (χ0n) is 5.77. The van der Waals surface area contributed by atoms with Crippen LogP contribution in [0.3, 0.4) is 0 Å². The molecule has 0 rings (SSSR count). The number of rotatable bonds is 2. The van der Waals surface area contributed by atoms with Gasteiger partial charge in [-0.25, -0.2) is 0 Å². The van der Waals surface area contributed by atoms with Gasteiger partial charge >= 0.3 is 0 Å². The number of aliphatic hydroxyl groups excluding tert-OH is 4. The zero-order chi connectivity index (χ0) is 6.83. The molecule has 0 aromatic carbocycles. The Hall–Kier alpha value is 1.42. The minimum absolute atomic E-state index is 0. The molecule has 5 radical (unpaired) electrons. The van der Waals surface area contributed by atoms with Crippen molar-refractivity contribution in [1.29, 1.82) is 0 Å². The molecule has 0 amide bonds. The van der Waals surface area contributed by atoms with Gasteiger partial charge in [-0.15, -0.1) is 0 Å². The van der Waals surface area contributed by atoms with E-state index >= 15 is 0 Å². The van der Waals surface area contributed by atoms with Crippen molar-refractivity contribution in [3.8, 4) is 0 Å². The van der Waals surface area contributed by atoms with Crippen LogP contribution in [0.2, 0.25) is 0 Å². The smallest absolute Gasteiger partial charge is 0.0662 e. The van der Waals surface area contributed by atoms with Crippen molar-refractivity contribution in [1.82, 2.24) is 0 Å². The summed E-state index contributed by atoms with van der Waals surface area (Å²) in [5, 5.41) is 30.5. The van der Waals surface area contributed by atoms with E-state index in [1.54, 1.807) is 0 Å². The third-order valence-electron chi connectivity index (χ3n) is 0.200. The van der Waals surface area contributed by atoms with Crippen molar-refractivity contribution in [2.24, 2.45) is 0 Å². The average Bonchev–Trinajstić information content (AvgIpc) is 1.88. The summed E-state index contributed by atoms with van der Waals surface area (Å²) in [4.78, 5) is 0. The van der Waals surface area contributed by atoms with Crippen molar-refractivity contribution in [2.75, 3.05) is 26.4 Å². The summed E-state index contributed by atoms with van der Waals surface area (Å²) in [6.45, 7) is -0.500. The van der Waals surface area contributed by atoms with Crippen LogP contribution in [0.25, 0.3) is 0 Å². The molecular formula is C4H12MgO4Sb. The fourth-order valence-electron chi connectivity index (χ4n) is 0. The molecule has 0 aromatic rings. The van der Waals surface area contributed by atoms with Crippen molar-refractivity contribution in [2.45, 2.75) is 0 Å². The van der Waals surface area contributed by atoms with Crippen LogP contribution in [0.4, 0.5) is 0 Å². The van der Waals surface area contributed by atoms with Gasteiger partial charge in [0, 0.05) is 47.5 Å². The quantitative estimate of drug-likeness (QED) is 0.408. The standard InChI is InChI=1S/2C2H6O2.Mg.Sb/c2*3-1-2-4;;/h2*3-4H,1-2H2;;. The maximum Gasteiger partial charge on any atom is 0.0662 e. The van der Waals surface area contributed by atoms with Crippen LogP contribution in [-0.2, 0) is 0 Å². The van der Waals surface area contributed by atoms with Gasteiger partial charge in [-0.3, -0.25) is 0 Å². The zero-order valence-corrected chi connectivity index (χ0v) is 9.74. The molecule has 4 N–H and O–H groups in total. The Morgan fingerprint density at radius 2 is 0.700 bits per heavy atom. The van der Waals surface area contributed by atoms with Gasteiger partial charge in [0.25, 0.3) is 0 Å². The molecular weight excluding hydrogens is 258 g/mol. The van der Waals surface area contributed by atoms with Gasteiger partial charge in [-0.05, 0) is 0 Å². The molecule has 59 valence electrons. The van der Waals surface area contributed by atoms with E-state index in [1.807, 2.05) is 0 Å². The van der Waals surface area contributed by atoms with Crippen molar-refractivity contribution in [3.63, 3.8) is 0 Å². The molecule has 0 aliphatic heterocycles. The third kappa shape index (κ3) is 57.0. The Labute approximate surface area is 93.9 Å². The summed E-state index contributed by atoms with van der Waals surface area (Å²) < 4.78 is 0. The van der Waals surface area contributed by atoms with Gasteiger partial charge in [0.15, 0.2) is 0 Å². The van der Waals surface area contributed by atoms with Gasteiger partial charge in [-0.2, -0.15) is 0 Å². The van der Waals surface area contributed by atoms with Crippen LogP contribution in [0.1, 0.15) is 0 Å². The summed E-state index contributed by atoms with van der Waals surface area (Å²) in [6, 6.07) is 0. The molecule has 0 atom stereocenters. The first-order valence-corrected chi connectivity index (χ1v) is 2.26. The minimum Gasteiger partial charge on any atom is -0.394 e. The molecule has 0 heterocycles. The van der Waals surface area contributed by atoms with Crippen LogP contribution in [0, 0.1) is 0 Å². The second-order valence-electron chi connectivity index (χ2n) is 0.894. The second kappa shape index (κ2) is 31.5. The van der Waals surface area contributed by atoms with Crippen LogP contribution >= 0.6 is 0 Å². The van der Waals surface area contributed by atoms with Gasteiger partial charge in [0.05, 0.1) is 26.4 Å². The molecule has 0 bridgehead atoms. The summed E-state index contributed by atoms with van der Waals surface area (Å²) in [5.41, 5.74) is 0. The fraction of sp³-hybridized carbons (Fsp3) is 1.00. The monoisotopic (exact) mass is 269 g/mol.